The van der Waals surface area contributed by atoms with Gasteiger partial charge in [-0.25, -0.2) is 4.79 Å². The summed E-state index contributed by atoms with van der Waals surface area (Å²) in [5.74, 6) is 1.61. The van der Waals surface area contributed by atoms with E-state index in [1.54, 1.807) is 11.9 Å². The molecule has 5 aliphatic rings. The van der Waals surface area contributed by atoms with Crippen LogP contribution >= 0.6 is 0 Å². The third kappa shape index (κ3) is 0.550. The summed E-state index contributed by atoms with van der Waals surface area (Å²) in [7, 11) is 3.43. The number of nitrogens with zero attached hydrogens (tertiary/aromatic N) is 2. The van der Waals surface area contributed by atoms with Gasteiger partial charge in [-0.3, -0.25) is 9.69 Å². The number of hydrogen-bond donors (Lipinski definition) is 0. The Balaban J connectivity index is 1.90. The molecule has 1 saturated heterocycles. The lowest BCUT2D eigenvalue weighted by molar-refractivity contribution is -0.134. The van der Waals surface area contributed by atoms with E-state index >= 15 is 0 Å². The van der Waals surface area contributed by atoms with Crippen molar-refractivity contribution in [1.29, 1.82) is 0 Å². The summed E-state index contributed by atoms with van der Waals surface area (Å²) >= 11 is 0. The molecule has 0 aromatic carbocycles. The molecule has 16 heavy (non-hydrogen) atoms. The molecule has 0 aromatic heterocycles. The van der Waals surface area contributed by atoms with Crippen molar-refractivity contribution in [3.05, 3.63) is 0 Å². The monoisotopic (exact) mass is 220 g/mol. The van der Waals surface area contributed by atoms with Crippen LogP contribution in [0.4, 0.5) is 4.79 Å². The molecule has 86 valence electrons. The summed E-state index contributed by atoms with van der Waals surface area (Å²) in [6.45, 7) is 2.29. The molecule has 1 heterocycles. The SMILES string of the molecule is CN1C(=O)N(C)C2(C1=O)C1CC3C2C3(C)C1. The molecule has 0 aromatic rings. The van der Waals surface area contributed by atoms with Gasteiger partial charge in [0.2, 0.25) is 0 Å². The van der Waals surface area contributed by atoms with Crippen molar-refractivity contribution in [2.75, 3.05) is 14.1 Å². The Morgan fingerprint density at radius 2 is 2.00 bits per heavy atom. The van der Waals surface area contributed by atoms with Crippen molar-refractivity contribution in [2.45, 2.75) is 25.3 Å². The number of urea groups is 1. The Morgan fingerprint density at radius 1 is 1.31 bits per heavy atom. The second kappa shape index (κ2) is 2.03. The van der Waals surface area contributed by atoms with Crippen LogP contribution in [0.15, 0.2) is 0 Å². The zero-order valence-electron chi connectivity index (χ0n) is 9.86. The number of amides is 3. The summed E-state index contributed by atoms with van der Waals surface area (Å²) in [6, 6.07) is -0.119. The highest BCUT2D eigenvalue weighted by molar-refractivity contribution is 6.08. The number of likely N-dealkylation sites (N-methyl/N-ethyl adjacent to an activating group) is 2. The summed E-state index contributed by atoms with van der Waals surface area (Å²) in [6.07, 6.45) is 2.29. The molecular weight excluding hydrogens is 204 g/mol. The van der Waals surface area contributed by atoms with Crippen LogP contribution in [0.1, 0.15) is 19.8 Å². The predicted octanol–water partition coefficient (Wildman–Crippen LogP) is 0.925. The van der Waals surface area contributed by atoms with E-state index in [1.165, 1.54) is 4.90 Å². The molecule has 1 aliphatic heterocycles. The molecule has 1 spiro atoms. The highest BCUT2D eigenvalue weighted by atomic mass is 16.2. The van der Waals surface area contributed by atoms with E-state index in [2.05, 4.69) is 6.92 Å². The molecule has 0 N–H and O–H groups in total. The summed E-state index contributed by atoms with van der Waals surface area (Å²) in [5, 5.41) is 0. The zero-order chi connectivity index (χ0) is 11.5. The van der Waals surface area contributed by atoms with Crippen LogP contribution in [0.2, 0.25) is 0 Å². The van der Waals surface area contributed by atoms with Crippen LogP contribution in [0.5, 0.6) is 0 Å². The van der Waals surface area contributed by atoms with Crippen molar-refractivity contribution in [3.63, 3.8) is 0 Å². The Hall–Kier alpha value is -1.06. The molecule has 4 saturated carbocycles. The summed E-state index contributed by atoms with van der Waals surface area (Å²) in [5.41, 5.74) is -0.0920. The van der Waals surface area contributed by atoms with Crippen LogP contribution in [0, 0.1) is 23.2 Å². The average Bonchev–Trinajstić information content (AvgIpc) is 2.66. The smallest absolute Gasteiger partial charge is 0.312 e. The predicted molar refractivity (Wildman–Crippen MR) is 56.5 cm³/mol. The van der Waals surface area contributed by atoms with Crippen LogP contribution in [0.25, 0.3) is 0 Å². The highest BCUT2D eigenvalue weighted by Crippen LogP contribution is 2.84. The van der Waals surface area contributed by atoms with E-state index in [4.69, 9.17) is 0 Å². The molecule has 4 nitrogen and oxygen atoms in total. The number of hydrogen-bond acceptors (Lipinski definition) is 2. The number of carbonyl (C=O) groups excluding carboxylic acids is 2. The minimum absolute atomic E-state index is 0.0544. The lowest BCUT2D eigenvalue weighted by atomic mass is 9.87. The van der Waals surface area contributed by atoms with E-state index < -0.39 is 5.54 Å². The number of carbonyl (C=O) groups is 2. The number of imide groups is 1. The fraction of sp³-hybridized carbons (Fsp3) is 0.833. The van der Waals surface area contributed by atoms with Gasteiger partial charge in [0.25, 0.3) is 5.91 Å². The van der Waals surface area contributed by atoms with E-state index in [0.717, 1.165) is 12.8 Å². The standard InChI is InChI=1S/C12H16N2O2/c1-11-5-6-4-7(11)8(11)12(6)9(15)13(2)10(16)14(12)3/h6-8H,4-5H2,1-3H3. The lowest BCUT2D eigenvalue weighted by Gasteiger charge is -2.32. The van der Waals surface area contributed by atoms with Gasteiger partial charge in [0.1, 0.15) is 5.54 Å². The van der Waals surface area contributed by atoms with E-state index in [0.29, 0.717) is 23.2 Å². The molecule has 4 heteroatoms. The molecule has 5 unspecified atom stereocenters. The topological polar surface area (TPSA) is 40.6 Å². The van der Waals surface area contributed by atoms with Gasteiger partial charge in [-0.2, -0.15) is 0 Å². The van der Waals surface area contributed by atoms with Gasteiger partial charge in [0, 0.05) is 20.0 Å². The molecular formula is C12H16N2O2. The first-order chi connectivity index (χ1) is 7.45. The van der Waals surface area contributed by atoms with E-state index in [1.807, 2.05) is 7.05 Å². The van der Waals surface area contributed by atoms with Crippen molar-refractivity contribution in [1.82, 2.24) is 9.80 Å². The van der Waals surface area contributed by atoms with Gasteiger partial charge in [0.15, 0.2) is 0 Å². The van der Waals surface area contributed by atoms with Gasteiger partial charge in [-0.1, -0.05) is 6.92 Å². The van der Waals surface area contributed by atoms with Crippen molar-refractivity contribution in [2.24, 2.45) is 23.2 Å². The van der Waals surface area contributed by atoms with Crippen molar-refractivity contribution >= 4 is 11.9 Å². The maximum atomic E-state index is 12.4. The quantitative estimate of drug-likeness (QED) is 0.570. The zero-order valence-corrected chi connectivity index (χ0v) is 9.86. The Labute approximate surface area is 94.6 Å². The molecule has 4 aliphatic carbocycles. The first-order valence-corrected chi connectivity index (χ1v) is 6.01. The first kappa shape index (κ1) is 9.02. The molecule has 3 amide bonds. The fourth-order valence-corrected chi connectivity index (χ4v) is 5.34. The number of rotatable bonds is 0. The fourth-order valence-electron chi connectivity index (χ4n) is 5.34. The largest absolute Gasteiger partial charge is 0.327 e. The van der Waals surface area contributed by atoms with E-state index in [-0.39, 0.29) is 11.9 Å². The minimum Gasteiger partial charge on any atom is -0.312 e. The Morgan fingerprint density at radius 3 is 2.31 bits per heavy atom. The molecule has 5 fully saturated rings. The molecule has 4 bridgehead atoms. The van der Waals surface area contributed by atoms with Gasteiger partial charge >= 0.3 is 6.03 Å². The van der Waals surface area contributed by atoms with Gasteiger partial charge < -0.3 is 4.90 Å². The normalized spacial score (nSPS) is 57.1. The van der Waals surface area contributed by atoms with Gasteiger partial charge in [-0.15, -0.1) is 0 Å². The highest BCUT2D eigenvalue weighted by Gasteiger charge is 2.87. The maximum Gasteiger partial charge on any atom is 0.327 e. The van der Waals surface area contributed by atoms with E-state index in [9.17, 15) is 9.59 Å². The third-order valence-corrected chi connectivity index (χ3v) is 5.95. The second-order valence-electron chi connectivity index (χ2n) is 6.26. The minimum atomic E-state index is -0.453. The molecule has 5 atom stereocenters. The van der Waals surface area contributed by atoms with Crippen molar-refractivity contribution in [3.8, 4) is 0 Å². The Kier molecular flexibility index (Phi) is 1.14. The van der Waals surface area contributed by atoms with Gasteiger partial charge in [0.05, 0.1) is 0 Å². The summed E-state index contributed by atoms with van der Waals surface area (Å²) < 4.78 is 0. The van der Waals surface area contributed by atoms with Crippen LogP contribution < -0.4 is 0 Å². The average molecular weight is 220 g/mol. The third-order valence-electron chi connectivity index (χ3n) is 5.95. The second-order valence-corrected chi connectivity index (χ2v) is 6.26. The Bertz CT molecular complexity index is 448. The molecule has 0 radical (unpaired) electrons. The lowest BCUT2D eigenvalue weighted by Crippen LogP contribution is -2.51. The van der Waals surface area contributed by atoms with Crippen LogP contribution in [0.3, 0.4) is 0 Å². The molecule has 5 rings (SSSR count). The van der Waals surface area contributed by atoms with Crippen molar-refractivity contribution < 1.29 is 9.59 Å². The maximum absolute atomic E-state index is 12.4. The van der Waals surface area contributed by atoms with Gasteiger partial charge in [-0.05, 0) is 30.1 Å². The first-order valence-electron chi connectivity index (χ1n) is 6.01. The van der Waals surface area contributed by atoms with Crippen LogP contribution in [-0.4, -0.2) is 41.4 Å². The van der Waals surface area contributed by atoms with Crippen LogP contribution in [-0.2, 0) is 4.79 Å². The summed E-state index contributed by atoms with van der Waals surface area (Å²) in [4.78, 5) is 27.4.